The molecule has 0 atom stereocenters. The van der Waals surface area contributed by atoms with Gasteiger partial charge < -0.3 is 4.84 Å². The molecule has 2 rings (SSSR count). The van der Waals surface area contributed by atoms with Crippen LogP contribution < -0.4 is 0 Å². The fraction of sp³-hybridized carbons (Fsp3) is 0.0833. The second-order valence-corrected chi connectivity index (χ2v) is 3.26. The molecule has 0 N–H and O–H groups in total. The van der Waals surface area contributed by atoms with Gasteiger partial charge >= 0.3 is 0 Å². The highest BCUT2D eigenvalue weighted by Crippen LogP contribution is 2.19. The van der Waals surface area contributed by atoms with Crippen molar-refractivity contribution in [3.63, 3.8) is 0 Å². The summed E-state index contributed by atoms with van der Waals surface area (Å²) in [5, 5.41) is 3.27. The van der Waals surface area contributed by atoms with Crippen LogP contribution in [0.15, 0.2) is 41.7 Å². The molecule has 0 saturated carbocycles. The minimum atomic E-state index is -0.542. The Hall–Kier alpha value is -2.30. The van der Waals surface area contributed by atoms with E-state index in [4.69, 9.17) is 4.84 Å². The number of nitrogens with zero attached hydrogens (tertiary/aromatic N) is 3. The predicted molar refractivity (Wildman–Crippen MR) is 61.8 cm³/mol. The van der Waals surface area contributed by atoms with Gasteiger partial charge in [-0.2, -0.15) is 4.39 Å². The maximum Gasteiger partial charge on any atom is 0.222 e. The van der Waals surface area contributed by atoms with Crippen molar-refractivity contribution >= 4 is 6.72 Å². The Labute approximate surface area is 97.8 Å². The molecule has 0 amide bonds. The molecule has 0 aliphatic rings. The van der Waals surface area contributed by atoms with Crippen LogP contribution in [0.2, 0.25) is 0 Å². The van der Waals surface area contributed by atoms with E-state index in [9.17, 15) is 4.39 Å². The highest BCUT2D eigenvalue weighted by atomic mass is 19.1. The average molecular weight is 231 g/mol. The largest absolute Gasteiger partial charge is 0.390 e. The molecule has 0 bridgehead atoms. The van der Waals surface area contributed by atoms with Crippen LogP contribution in [0.25, 0.3) is 11.3 Å². The third-order valence-electron chi connectivity index (χ3n) is 2.15. The zero-order chi connectivity index (χ0) is 12.1. The Kier molecular flexibility index (Phi) is 3.40. The number of aromatic nitrogens is 2. The number of hydrogen-bond donors (Lipinski definition) is 0. The molecular weight excluding hydrogens is 221 g/mol. The first-order valence-electron chi connectivity index (χ1n) is 4.96. The van der Waals surface area contributed by atoms with Crippen molar-refractivity contribution in [3.8, 4) is 11.3 Å². The van der Waals surface area contributed by atoms with Gasteiger partial charge in [0, 0.05) is 12.9 Å². The number of oxime groups is 1. The van der Waals surface area contributed by atoms with Crippen molar-refractivity contribution in [2.24, 2.45) is 5.16 Å². The summed E-state index contributed by atoms with van der Waals surface area (Å²) in [7, 11) is 0. The summed E-state index contributed by atoms with van der Waals surface area (Å²) in [6.07, 6.45) is 1.40. The minimum Gasteiger partial charge on any atom is -0.390 e. The molecule has 2 aromatic rings. The number of pyridine rings is 2. The van der Waals surface area contributed by atoms with Crippen LogP contribution in [-0.2, 0) is 11.4 Å². The van der Waals surface area contributed by atoms with E-state index in [1.54, 1.807) is 30.3 Å². The van der Waals surface area contributed by atoms with Gasteiger partial charge in [0.25, 0.3) is 0 Å². The Morgan fingerprint density at radius 3 is 2.94 bits per heavy atom. The first kappa shape index (κ1) is 11.2. The van der Waals surface area contributed by atoms with E-state index in [0.717, 1.165) is 0 Å². The van der Waals surface area contributed by atoms with Crippen molar-refractivity contribution in [1.82, 2.24) is 9.97 Å². The van der Waals surface area contributed by atoms with Crippen LogP contribution in [-0.4, -0.2) is 16.7 Å². The standard InChI is InChI=1S/C12H10FN3O/c1-14-17-8-9-4-2-6-11(16-9)10-5-3-7-15-12(10)13/h2-7H,1,8H2. The molecule has 0 saturated heterocycles. The fourth-order valence-electron chi connectivity index (χ4n) is 1.40. The molecule has 0 unspecified atom stereocenters. The van der Waals surface area contributed by atoms with Crippen molar-refractivity contribution in [3.05, 3.63) is 48.2 Å². The summed E-state index contributed by atoms with van der Waals surface area (Å²) >= 11 is 0. The van der Waals surface area contributed by atoms with Gasteiger partial charge in [-0.3, -0.25) is 0 Å². The minimum absolute atomic E-state index is 0.208. The lowest BCUT2D eigenvalue weighted by molar-refractivity contribution is 0.130. The number of rotatable bonds is 4. The summed E-state index contributed by atoms with van der Waals surface area (Å²) < 4.78 is 13.4. The smallest absolute Gasteiger partial charge is 0.222 e. The molecule has 5 heteroatoms. The van der Waals surface area contributed by atoms with Crippen LogP contribution in [0.4, 0.5) is 4.39 Å². The van der Waals surface area contributed by atoms with Crippen molar-refractivity contribution < 1.29 is 9.23 Å². The topological polar surface area (TPSA) is 47.4 Å². The predicted octanol–water partition coefficient (Wildman–Crippen LogP) is 2.41. The van der Waals surface area contributed by atoms with Crippen LogP contribution in [0.3, 0.4) is 0 Å². The maximum absolute atomic E-state index is 13.4. The van der Waals surface area contributed by atoms with Crippen molar-refractivity contribution in [2.45, 2.75) is 6.61 Å². The van der Waals surface area contributed by atoms with Gasteiger partial charge in [0.15, 0.2) is 6.61 Å². The highest BCUT2D eigenvalue weighted by molar-refractivity contribution is 5.58. The Balaban J connectivity index is 2.33. The van der Waals surface area contributed by atoms with Gasteiger partial charge in [0.05, 0.1) is 17.0 Å². The first-order chi connectivity index (χ1) is 8.31. The van der Waals surface area contributed by atoms with Crippen LogP contribution in [0, 0.1) is 5.95 Å². The van der Waals surface area contributed by atoms with Gasteiger partial charge in [-0.25, -0.2) is 9.97 Å². The van der Waals surface area contributed by atoms with E-state index in [-0.39, 0.29) is 6.61 Å². The molecule has 0 spiro atoms. The van der Waals surface area contributed by atoms with Gasteiger partial charge in [-0.05, 0) is 24.3 Å². The lowest BCUT2D eigenvalue weighted by Crippen LogP contribution is -1.95. The van der Waals surface area contributed by atoms with Crippen LogP contribution >= 0.6 is 0 Å². The fourth-order valence-corrected chi connectivity index (χ4v) is 1.40. The molecular formula is C12H10FN3O. The summed E-state index contributed by atoms with van der Waals surface area (Å²) in [5.41, 5.74) is 1.53. The summed E-state index contributed by atoms with van der Waals surface area (Å²) in [6.45, 7) is 3.41. The van der Waals surface area contributed by atoms with Gasteiger partial charge in [-0.1, -0.05) is 6.07 Å². The normalized spacial score (nSPS) is 9.94. The lowest BCUT2D eigenvalue weighted by Gasteiger charge is -2.04. The van der Waals surface area contributed by atoms with E-state index in [0.29, 0.717) is 17.0 Å². The van der Waals surface area contributed by atoms with Crippen molar-refractivity contribution in [2.75, 3.05) is 0 Å². The molecule has 0 radical (unpaired) electrons. The maximum atomic E-state index is 13.4. The van der Waals surface area contributed by atoms with E-state index in [1.165, 1.54) is 6.20 Å². The van der Waals surface area contributed by atoms with Crippen molar-refractivity contribution in [1.29, 1.82) is 0 Å². The van der Waals surface area contributed by atoms with Gasteiger partial charge in [-0.15, -0.1) is 5.16 Å². The zero-order valence-electron chi connectivity index (χ0n) is 9.01. The summed E-state index contributed by atoms with van der Waals surface area (Å²) in [6, 6.07) is 8.54. The molecule has 4 nitrogen and oxygen atoms in total. The molecule has 0 aliphatic carbocycles. The molecule has 0 fully saturated rings. The highest BCUT2D eigenvalue weighted by Gasteiger charge is 2.07. The van der Waals surface area contributed by atoms with E-state index in [1.807, 2.05) is 0 Å². The molecule has 2 heterocycles. The Bertz CT molecular complexity index is 531. The molecule has 2 aromatic heterocycles. The molecule has 86 valence electrons. The molecule has 0 aromatic carbocycles. The third-order valence-corrected chi connectivity index (χ3v) is 2.15. The zero-order valence-corrected chi connectivity index (χ0v) is 9.01. The lowest BCUT2D eigenvalue weighted by atomic mass is 10.2. The van der Waals surface area contributed by atoms with Gasteiger partial charge in [0.1, 0.15) is 0 Å². The second kappa shape index (κ2) is 5.16. The quantitative estimate of drug-likeness (QED) is 0.461. The molecule has 17 heavy (non-hydrogen) atoms. The second-order valence-electron chi connectivity index (χ2n) is 3.26. The summed E-state index contributed by atoms with van der Waals surface area (Å²) in [5.74, 6) is -0.542. The van der Waals surface area contributed by atoms with E-state index < -0.39 is 5.95 Å². The Morgan fingerprint density at radius 2 is 2.18 bits per heavy atom. The third kappa shape index (κ3) is 2.63. The molecule has 0 aliphatic heterocycles. The number of hydrogen-bond acceptors (Lipinski definition) is 4. The van der Waals surface area contributed by atoms with E-state index >= 15 is 0 Å². The SMILES string of the molecule is C=NOCc1cccc(-c2cccnc2F)n1. The van der Waals surface area contributed by atoms with Gasteiger partial charge in [0.2, 0.25) is 5.95 Å². The van der Waals surface area contributed by atoms with Crippen LogP contribution in [0.5, 0.6) is 0 Å². The van der Waals surface area contributed by atoms with E-state index in [2.05, 4.69) is 21.8 Å². The van der Waals surface area contributed by atoms with Crippen LogP contribution in [0.1, 0.15) is 5.69 Å². The Morgan fingerprint density at radius 1 is 1.29 bits per heavy atom. The average Bonchev–Trinajstić information content (AvgIpc) is 2.37. The first-order valence-corrected chi connectivity index (χ1v) is 4.96. The monoisotopic (exact) mass is 231 g/mol. The summed E-state index contributed by atoms with van der Waals surface area (Å²) in [4.78, 5) is 12.6. The number of halogens is 1.